The molecule has 1 aromatic rings. The normalized spacial score (nSPS) is 15.9. The molecule has 0 saturated heterocycles. The van der Waals surface area contributed by atoms with E-state index < -0.39 is 18.4 Å². The Morgan fingerprint density at radius 2 is 1.48 bits per heavy atom. The molecule has 23 heavy (non-hydrogen) atoms. The summed E-state index contributed by atoms with van der Waals surface area (Å²) in [6.07, 6.45) is 16.8. The number of hydrogen-bond acceptors (Lipinski definition) is 0. The van der Waals surface area contributed by atoms with Gasteiger partial charge < -0.3 is 0 Å². The summed E-state index contributed by atoms with van der Waals surface area (Å²) in [4.78, 5) is 0. The van der Waals surface area contributed by atoms with Gasteiger partial charge in [-0.15, -0.1) is 0 Å². The van der Waals surface area contributed by atoms with Crippen molar-refractivity contribution in [1.82, 2.24) is 0 Å². The Morgan fingerprint density at radius 1 is 0.826 bits per heavy atom. The Morgan fingerprint density at radius 3 is 2.13 bits per heavy atom. The number of hydrogen-bond donors (Lipinski definition) is 0. The van der Waals surface area contributed by atoms with Gasteiger partial charge in [0.05, 0.1) is 0 Å². The summed E-state index contributed by atoms with van der Waals surface area (Å²) < 4.78 is 6.71. The van der Waals surface area contributed by atoms with Gasteiger partial charge in [-0.1, -0.05) is 0 Å². The first kappa shape index (κ1) is 18.8. The van der Waals surface area contributed by atoms with Crippen LogP contribution >= 0.6 is 0 Å². The molecule has 1 aromatic carbocycles. The topological polar surface area (TPSA) is 0 Å². The van der Waals surface area contributed by atoms with Crippen molar-refractivity contribution in [2.24, 2.45) is 0 Å². The molecule has 0 fully saturated rings. The molecular formula is C22H34Sn. The van der Waals surface area contributed by atoms with Gasteiger partial charge in [-0.2, -0.15) is 0 Å². The van der Waals surface area contributed by atoms with Gasteiger partial charge in [0, 0.05) is 0 Å². The molecule has 0 bridgehead atoms. The molecule has 0 aromatic heterocycles. The number of benzene rings is 1. The minimum absolute atomic E-state index is 1.31. The molecule has 0 atom stereocenters. The summed E-state index contributed by atoms with van der Waals surface area (Å²) in [6, 6.07) is 9.35. The third kappa shape index (κ3) is 4.53. The van der Waals surface area contributed by atoms with E-state index in [0.29, 0.717) is 0 Å². The van der Waals surface area contributed by atoms with E-state index in [1.54, 1.807) is 3.58 Å². The summed E-state index contributed by atoms with van der Waals surface area (Å²) >= 11 is -2.50. The van der Waals surface area contributed by atoms with Gasteiger partial charge in [-0.25, -0.2) is 0 Å². The molecule has 1 heterocycles. The first-order valence-corrected chi connectivity index (χ1v) is 16.6. The molecule has 1 heteroatoms. The van der Waals surface area contributed by atoms with Crippen LogP contribution in [0.1, 0.15) is 71.3 Å². The quantitative estimate of drug-likeness (QED) is 0.396. The number of rotatable bonds is 9. The Labute approximate surface area is 148 Å². The average Bonchev–Trinajstić information content (AvgIpc) is 2.74. The molecule has 0 unspecified atom stereocenters. The first-order chi connectivity index (χ1) is 11.3. The molecule has 0 spiro atoms. The second-order valence-electron chi connectivity index (χ2n) is 7.03. The predicted octanol–water partition coefficient (Wildman–Crippen LogP) is 6.63. The van der Waals surface area contributed by atoms with Gasteiger partial charge in [0.1, 0.15) is 0 Å². The summed E-state index contributed by atoms with van der Waals surface area (Å²) in [5.74, 6) is 0. The van der Waals surface area contributed by atoms with Gasteiger partial charge in [0.15, 0.2) is 0 Å². The Bertz CT molecular complexity index is 531. The van der Waals surface area contributed by atoms with Gasteiger partial charge in [0.2, 0.25) is 0 Å². The predicted molar refractivity (Wildman–Crippen MR) is 108 cm³/mol. The molecule has 0 aliphatic carbocycles. The number of unbranched alkanes of at least 4 members (excludes halogenated alkanes) is 3. The maximum atomic E-state index is 2.54. The second kappa shape index (κ2) is 9.71. The van der Waals surface area contributed by atoms with Crippen LogP contribution in [0.3, 0.4) is 0 Å². The Hall–Kier alpha value is -0.501. The van der Waals surface area contributed by atoms with Crippen molar-refractivity contribution in [2.75, 3.05) is 0 Å². The van der Waals surface area contributed by atoms with Crippen molar-refractivity contribution in [3.8, 4) is 0 Å². The van der Waals surface area contributed by atoms with Crippen molar-refractivity contribution in [2.45, 2.75) is 74.6 Å². The third-order valence-electron chi connectivity index (χ3n) is 5.38. The summed E-state index contributed by atoms with van der Waals surface area (Å²) in [5.41, 5.74) is 1.53. The average molecular weight is 417 g/mol. The van der Waals surface area contributed by atoms with E-state index >= 15 is 0 Å². The zero-order valence-electron chi connectivity index (χ0n) is 15.4. The van der Waals surface area contributed by atoms with Crippen LogP contribution in [0.5, 0.6) is 0 Å². The molecule has 2 rings (SSSR count). The molecule has 0 saturated carbocycles. The number of fused-ring (bicyclic) bond motifs is 1. The van der Waals surface area contributed by atoms with Crippen molar-refractivity contribution in [1.29, 1.82) is 0 Å². The van der Waals surface area contributed by atoms with E-state index in [1.807, 2.05) is 3.59 Å². The fourth-order valence-electron chi connectivity index (χ4n) is 4.04. The third-order valence-corrected chi connectivity index (χ3v) is 21.2. The van der Waals surface area contributed by atoms with Crippen LogP contribution in [0.15, 0.2) is 40.0 Å². The molecule has 0 radical (unpaired) electrons. The Balaban J connectivity index is 2.50. The van der Waals surface area contributed by atoms with Gasteiger partial charge in [0.25, 0.3) is 0 Å². The van der Waals surface area contributed by atoms with Crippen molar-refractivity contribution in [3.63, 3.8) is 0 Å². The molecule has 1 aliphatic rings. The monoisotopic (exact) mass is 418 g/mol. The zero-order chi connectivity index (χ0) is 16.5. The van der Waals surface area contributed by atoms with Crippen molar-refractivity contribution in [3.05, 3.63) is 45.6 Å². The number of allylic oxidation sites excluding steroid dienone is 3. The minimum atomic E-state index is -2.50. The van der Waals surface area contributed by atoms with Crippen LogP contribution in [0.2, 0.25) is 8.87 Å². The van der Waals surface area contributed by atoms with E-state index in [4.69, 9.17) is 0 Å². The fourth-order valence-corrected chi connectivity index (χ4v) is 20.9. The van der Waals surface area contributed by atoms with Crippen LogP contribution in [0.25, 0.3) is 6.08 Å². The van der Waals surface area contributed by atoms with Gasteiger partial charge in [-0.3, -0.25) is 0 Å². The van der Waals surface area contributed by atoms with E-state index in [2.05, 4.69) is 63.3 Å². The van der Waals surface area contributed by atoms with E-state index in [1.165, 1.54) is 59.4 Å². The maximum absolute atomic E-state index is 2.54. The molecule has 0 N–H and O–H groups in total. The molecule has 1 aliphatic heterocycles. The molecule has 0 amide bonds. The van der Waals surface area contributed by atoms with E-state index in [-0.39, 0.29) is 0 Å². The first-order valence-electron chi connectivity index (χ1n) is 9.75. The molecule has 0 nitrogen and oxygen atoms in total. The van der Waals surface area contributed by atoms with Crippen LogP contribution in [0.4, 0.5) is 0 Å². The zero-order valence-corrected chi connectivity index (χ0v) is 18.3. The standard InChI is InChI=1S/C14H16.2C4H9.Sn/c1-2-3-4-5-6-8-11-14-12-9-7-10-13-14;2*1-3-4-2;/h6-12H,2-4H2,1H3;2*1,3-4H2,2H3;. The van der Waals surface area contributed by atoms with E-state index in [0.717, 1.165) is 0 Å². The van der Waals surface area contributed by atoms with Crippen LogP contribution in [0, 0.1) is 0 Å². The SMILES string of the molecule is CCCC[C]1=CC=Cc2cccc[c]2[Sn]1([CH2]CCC)[CH2]CCC. The van der Waals surface area contributed by atoms with Crippen molar-refractivity contribution >= 4 is 28.0 Å². The summed E-state index contributed by atoms with van der Waals surface area (Å²) in [5, 5.41) is 0. The van der Waals surface area contributed by atoms with Gasteiger partial charge >= 0.3 is 148 Å². The molecule has 126 valence electrons. The summed E-state index contributed by atoms with van der Waals surface area (Å²) in [7, 11) is 0. The molecular weight excluding hydrogens is 383 g/mol. The Kier molecular flexibility index (Phi) is 7.95. The van der Waals surface area contributed by atoms with Gasteiger partial charge in [-0.05, 0) is 0 Å². The van der Waals surface area contributed by atoms with Crippen LogP contribution in [-0.2, 0) is 0 Å². The van der Waals surface area contributed by atoms with Crippen LogP contribution in [-0.4, -0.2) is 18.4 Å². The fraction of sp³-hybridized carbons (Fsp3) is 0.545. The van der Waals surface area contributed by atoms with Crippen LogP contribution < -0.4 is 3.58 Å². The van der Waals surface area contributed by atoms with Crippen molar-refractivity contribution < 1.29 is 0 Å². The van der Waals surface area contributed by atoms with E-state index in [9.17, 15) is 0 Å². The second-order valence-corrected chi connectivity index (χ2v) is 19.4. The summed E-state index contributed by atoms with van der Waals surface area (Å²) in [6.45, 7) is 7.04.